The molecule has 0 amide bonds. The van der Waals surface area contributed by atoms with Crippen molar-refractivity contribution in [3.8, 4) is 5.75 Å². The third kappa shape index (κ3) is 2.95. The normalized spacial score (nSPS) is 17.6. The van der Waals surface area contributed by atoms with Crippen molar-refractivity contribution in [2.24, 2.45) is 5.73 Å². The first-order valence-corrected chi connectivity index (χ1v) is 7.34. The molecule has 6 nitrogen and oxygen atoms in total. The third-order valence-corrected chi connectivity index (χ3v) is 3.89. The Labute approximate surface area is 120 Å². The van der Waals surface area contributed by atoms with E-state index in [9.17, 15) is 0 Å². The second-order valence-electron chi connectivity index (χ2n) is 4.25. The highest BCUT2D eigenvalue weighted by atomic mass is 32.2. The number of nitrogens with two attached hydrogens (primary N) is 1. The number of fused-ring (bicyclic) bond motifs is 1. The van der Waals surface area contributed by atoms with E-state index in [1.54, 1.807) is 11.8 Å². The minimum absolute atomic E-state index is 0.193. The first-order valence-electron chi connectivity index (χ1n) is 6.35. The second-order valence-corrected chi connectivity index (χ2v) is 5.31. The third-order valence-electron chi connectivity index (χ3n) is 2.77. The molecule has 2 heterocycles. The lowest BCUT2D eigenvalue weighted by molar-refractivity contribution is 0.104. The molecule has 1 aliphatic heterocycles. The van der Waals surface area contributed by atoms with Crippen LogP contribution < -0.4 is 10.5 Å². The molecule has 1 aromatic carbocycles. The highest BCUT2D eigenvalue weighted by Gasteiger charge is 2.25. The van der Waals surface area contributed by atoms with E-state index in [1.807, 2.05) is 24.3 Å². The molecule has 7 heteroatoms. The van der Waals surface area contributed by atoms with Crippen LogP contribution in [0.15, 0.2) is 33.7 Å². The molecule has 0 spiro atoms. The molecule has 0 saturated heterocycles. The average Bonchev–Trinajstić information content (AvgIpc) is 2.96. The molecule has 0 saturated carbocycles. The Morgan fingerprint density at radius 1 is 1.40 bits per heavy atom. The summed E-state index contributed by atoms with van der Waals surface area (Å²) < 4.78 is 16.3. The van der Waals surface area contributed by atoms with Gasteiger partial charge in [0, 0.05) is 17.2 Å². The molecule has 0 fully saturated rings. The Balaban J connectivity index is 1.66. The second kappa shape index (κ2) is 6.25. The van der Waals surface area contributed by atoms with Crippen LogP contribution in [0.4, 0.5) is 0 Å². The maximum absolute atomic E-state index is 5.89. The van der Waals surface area contributed by atoms with Crippen LogP contribution in [-0.2, 0) is 11.3 Å². The molecule has 1 aromatic heterocycles. The molecule has 0 radical (unpaired) electrons. The maximum Gasteiger partial charge on any atom is 0.252 e. The van der Waals surface area contributed by atoms with Crippen LogP contribution >= 0.6 is 11.8 Å². The van der Waals surface area contributed by atoms with Crippen molar-refractivity contribution in [1.29, 1.82) is 0 Å². The van der Waals surface area contributed by atoms with Crippen LogP contribution in [0.1, 0.15) is 17.8 Å². The minimum atomic E-state index is -0.193. The van der Waals surface area contributed by atoms with Crippen molar-refractivity contribution in [3.05, 3.63) is 36.0 Å². The van der Waals surface area contributed by atoms with Gasteiger partial charge in [-0.2, -0.15) is 4.98 Å². The zero-order chi connectivity index (χ0) is 13.8. The molecule has 0 bridgehead atoms. The summed E-state index contributed by atoms with van der Waals surface area (Å²) in [5, 5.41) is 3.96. The van der Waals surface area contributed by atoms with Crippen molar-refractivity contribution >= 4 is 11.8 Å². The monoisotopic (exact) mass is 293 g/mol. The molecule has 0 aliphatic carbocycles. The van der Waals surface area contributed by atoms with Gasteiger partial charge in [0.2, 0.25) is 5.82 Å². The fourth-order valence-electron chi connectivity index (χ4n) is 1.85. The van der Waals surface area contributed by atoms with E-state index in [0.717, 1.165) is 16.4 Å². The molecule has 1 unspecified atom stereocenters. The number of nitrogens with zero attached hydrogens (tertiary/aromatic N) is 2. The van der Waals surface area contributed by atoms with Crippen LogP contribution in [0.25, 0.3) is 0 Å². The lowest BCUT2D eigenvalue weighted by atomic mass is 10.3. The van der Waals surface area contributed by atoms with Gasteiger partial charge in [-0.25, -0.2) is 0 Å². The van der Waals surface area contributed by atoms with Gasteiger partial charge in [0.15, 0.2) is 6.10 Å². The van der Waals surface area contributed by atoms with Crippen LogP contribution in [0.2, 0.25) is 0 Å². The molecule has 1 atom stereocenters. The quantitative estimate of drug-likeness (QED) is 0.841. The maximum atomic E-state index is 5.89. The van der Waals surface area contributed by atoms with Gasteiger partial charge in [-0.15, -0.1) is 11.8 Å². The Morgan fingerprint density at radius 3 is 3.20 bits per heavy atom. The van der Waals surface area contributed by atoms with Gasteiger partial charge >= 0.3 is 0 Å². The van der Waals surface area contributed by atoms with Crippen LogP contribution in [0.3, 0.4) is 0 Å². The number of rotatable bonds is 5. The van der Waals surface area contributed by atoms with Gasteiger partial charge in [-0.3, -0.25) is 0 Å². The predicted molar refractivity (Wildman–Crippen MR) is 73.5 cm³/mol. The molecule has 106 valence electrons. The summed E-state index contributed by atoms with van der Waals surface area (Å²) in [7, 11) is 0. The number of ether oxygens (including phenoxy) is 2. The fourth-order valence-corrected chi connectivity index (χ4v) is 2.83. The summed E-state index contributed by atoms with van der Waals surface area (Å²) in [6, 6.07) is 7.93. The Morgan fingerprint density at radius 2 is 2.30 bits per heavy atom. The topological polar surface area (TPSA) is 83.4 Å². The fraction of sp³-hybridized carbons (Fsp3) is 0.385. The molecular formula is C13H15N3O3S. The first kappa shape index (κ1) is 13.4. The predicted octanol–water partition coefficient (Wildman–Crippen LogP) is 1.77. The van der Waals surface area contributed by atoms with Crippen LogP contribution in [0, 0.1) is 0 Å². The lowest BCUT2D eigenvalue weighted by Gasteiger charge is -2.22. The van der Waals surface area contributed by atoms with Gasteiger partial charge < -0.3 is 19.7 Å². The molecule has 1 aliphatic rings. The number of hydrogen-bond donors (Lipinski definition) is 1. The van der Waals surface area contributed by atoms with Crippen molar-refractivity contribution < 1.29 is 14.0 Å². The summed E-state index contributed by atoms with van der Waals surface area (Å²) in [6.45, 7) is 1.22. The number of hydrogen-bond acceptors (Lipinski definition) is 7. The first-order chi connectivity index (χ1) is 9.86. The van der Waals surface area contributed by atoms with Crippen molar-refractivity contribution in [3.63, 3.8) is 0 Å². The van der Waals surface area contributed by atoms with E-state index < -0.39 is 0 Å². The Hall–Kier alpha value is -1.57. The SMILES string of the molecule is NCCOCc1nc(C2CSc3ccccc3O2)no1. The van der Waals surface area contributed by atoms with E-state index in [2.05, 4.69) is 10.1 Å². The van der Waals surface area contributed by atoms with E-state index >= 15 is 0 Å². The van der Waals surface area contributed by atoms with Crippen molar-refractivity contribution in [1.82, 2.24) is 10.1 Å². The summed E-state index contributed by atoms with van der Waals surface area (Å²) in [4.78, 5) is 5.43. The van der Waals surface area contributed by atoms with Gasteiger partial charge in [0.25, 0.3) is 5.89 Å². The van der Waals surface area contributed by atoms with E-state index in [1.165, 1.54) is 0 Å². The summed E-state index contributed by atoms with van der Waals surface area (Å²) >= 11 is 1.73. The van der Waals surface area contributed by atoms with E-state index in [4.69, 9.17) is 19.7 Å². The summed E-state index contributed by atoms with van der Waals surface area (Å²) in [5.41, 5.74) is 5.35. The molecule has 2 N–H and O–H groups in total. The highest BCUT2D eigenvalue weighted by Crippen LogP contribution is 2.39. The standard InChI is InChI=1S/C13H15N3O3S/c14-5-6-17-7-12-15-13(16-19-12)10-8-20-11-4-2-1-3-9(11)18-10/h1-4,10H,5-8,14H2. The smallest absolute Gasteiger partial charge is 0.252 e. The zero-order valence-electron chi connectivity index (χ0n) is 10.8. The minimum Gasteiger partial charge on any atom is -0.480 e. The molecular weight excluding hydrogens is 278 g/mol. The molecule has 2 aromatic rings. The largest absolute Gasteiger partial charge is 0.480 e. The number of thioether (sulfide) groups is 1. The number of benzene rings is 1. The van der Waals surface area contributed by atoms with Crippen LogP contribution in [-0.4, -0.2) is 29.0 Å². The number of para-hydroxylation sites is 1. The van der Waals surface area contributed by atoms with E-state index in [-0.39, 0.29) is 12.7 Å². The average molecular weight is 293 g/mol. The Bertz CT molecular complexity index is 575. The zero-order valence-corrected chi connectivity index (χ0v) is 11.6. The van der Waals surface area contributed by atoms with Crippen molar-refractivity contribution in [2.45, 2.75) is 17.6 Å². The summed E-state index contributed by atoms with van der Waals surface area (Å²) in [6.07, 6.45) is -0.193. The van der Waals surface area contributed by atoms with Gasteiger partial charge in [0.05, 0.1) is 6.61 Å². The van der Waals surface area contributed by atoms with Crippen molar-refractivity contribution in [2.75, 3.05) is 18.9 Å². The molecule has 20 heavy (non-hydrogen) atoms. The van der Waals surface area contributed by atoms with Crippen LogP contribution in [0.5, 0.6) is 5.75 Å². The highest BCUT2D eigenvalue weighted by molar-refractivity contribution is 7.99. The summed E-state index contributed by atoms with van der Waals surface area (Å²) in [5.74, 6) is 2.62. The van der Waals surface area contributed by atoms with Gasteiger partial charge in [-0.1, -0.05) is 17.3 Å². The van der Waals surface area contributed by atoms with E-state index in [0.29, 0.717) is 24.9 Å². The molecule has 3 rings (SSSR count). The van der Waals surface area contributed by atoms with Gasteiger partial charge in [-0.05, 0) is 12.1 Å². The lowest BCUT2D eigenvalue weighted by Crippen LogP contribution is -2.16. The Kier molecular flexibility index (Phi) is 4.19. The van der Waals surface area contributed by atoms with Gasteiger partial charge in [0.1, 0.15) is 12.4 Å². The number of aromatic nitrogens is 2.